The molecular formula is C11H10Br2N2. The molecule has 1 N–H and O–H groups in total. The lowest BCUT2D eigenvalue weighted by atomic mass is 10.1. The number of aromatic nitrogens is 2. The number of nitrogens with zero attached hydrogens (tertiary/aromatic N) is 1. The van der Waals surface area contributed by atoms with E-state index in [1.807, 2.05) is 6.07 Å². The summed E-state index contributed by atoms with van der Waals surface area (Å²) in [4.78, 5) is 7.22. The van der Waals surface area contributed by atoms with Crippen LogP contribution >= 0.6 is 31.9 Å². The number of H-pyrrole nitrogens is 1. The SMILES string of the molecule is Brc1cccc(CCc2[nH]cnc2Br)c1. The lowest BCUT2D eigenvalue weighted by Gasteiger charge is -2.01. The van der Waals surface area contributed by atoms with Crippen LogP contribution in [0.25, 0.3) is 0 Å². The quantitative estimate of drug-likeness (QED) is 0.913. The first kappa shape index (κ1) is 10.9. The number of aromatic amines is 1. The van der Waals surface area contributed by atoms with Crippen molar-refractivity contribution in [2.24, 2.45) is 0 Å². The molecule has 2 aromatic rings. The van der Waals surface area contributed by atoms with Crippen molar-refractivity contribution in [1.29, 1.82) is 0 Å². The largest absolute Gasteiger partial charge is 0.348 e. The summed E-state index contributed by atoms with van der Waals surface area (Å²) in [6, 6.07) is 8.37. The fourth-order valence-corrected chi connectivity index (χ4v) is 2.30. The average Bonchev–Trinajstić information content (AvgIpc) is 2.61. The second kappa shape index (κ2) is 4.94. The van der Waals surface area contributed by atoms with Gasteiger partial charge >= 0.3 is 0 Å². The fraction of sp³-hybridized carbons (Fsp3) is 0.182. The van der Waals surface area contributed by atoms with Gasteiger partial charge < -0.3 is 4.98 Å². The molecule has 0 bridgehead atoms. The maximum absolute atomic E-state index is 4.10. The highest BCUT2D eigenvalue weighted by Gasteiger charge is 2.02. The molecule has 1 aromatic carbocycles. The smallest absolute Gasteiger partial charge is 0.127 e. The molecular weight excluding hydrogens is 320 g/mol. The summed E-state index contributed by atoms with van der Waals surface area (Å²) >= 11 is 6.87. The Morgan fingerprint density at radius 1 is 1.20 bits per heavy atom. The fourth-order valence-electron chi connectivity index (χ4n) is 1.44. The van der Waals surface area contributed by atoms with E-state index in [0.29, 0.717) is 0 Å². The third kappa shape index (κ3) is 2.92. The van der Waals surface area contributed by atoms with E-state index in [1.54, 1.807) is 6.33 Å². The normalized spacial score (nSPS) is 10.5. The van der Waals surface area contributed by atoms with E-state index in [1.165, 1.54) is 5.56 Å². The van der Waals surface area contributed by atoms with Crippen molar-refractivity contribution in [1.82, 2.24) is 9.97 Å². The van der Waals surface area contributed by atoms with Crippen molar-refractivity contribution in [3.63, 3.8) is 0 Å². The molecule has 0 saturated carbocycles. The van der Waals surface area contributed by atoms with Crippen molar-refractivity contribution >= 4 is 31.9 Å². The van der Waals surface area contributed by atoms with Gasteiger partial charge in [0.1, 0.15) is 4.60 Å². The van der Waals surface area contributed by atoms with Crippen LogP contribution in [0.15, 0.2) is 39.7 Å². The molecule has 0 fully saturated rings. The van der Waals surface area contributed by atoms with Gasteiger partial charge in [-0.15, -0.1) is 0 Å². The van der Waals surface area contributed by atoms with Gasteiger partial charge in [-0.1, -0.05) is 28.1 Å². The Morgan fingerprint density at radius 2 is 2.07 bits per heavy atom. The van der Waals surface area contributed by atoms with Crippen molar-refractivity contribution in [3.05, 3.63) is 50.9 Å². The number of rotatable bonds is 3. The third-order valence-electron chi connectivity index (χ3n) is 2.22. The molecule has 0 aliphatic heterocycles. The summed E-state index contributed by atoms with van der Waals surface area (Å²) in [7, 11) is 0. The molecule has 2 rings (SSSR count). The minimum absolute atomic E-state index is 0.914. The number of aryl methyl sites for hydroxylation is 2. The van der Waals surface area contributed by atoms with Gasteiger partial charge in [-0.2, -0.15) is 0 Å². The first-order valence-corrected chi connectivity index (χ1v) is 6.26. The lowest BCUT2D eigenvalue weighted by molar-refractivity contribution is 0.919. The molecule has 0 aliphatic carbocycles. The van der Waals surface area contributed by atoms with Gasteiger partial charge in [0.05, 0.1) is 6.33 Å². The topological polar surface area (TPSA) is 28.7 Å². The van der Waals surface area contributed by atoms with Gasteiger partial charge in [-0.05, 0) is 46.5 Å². The van der Waals surface area contributed by atoms with E-state index >= 15 is 0 Å². The third-order valence-corrected chi connectivity index (χ3v) is 3.40. The molecule has 0 spiro atoms. The molecule has 1 aromatic heterocycles. The molecule has 0 unspecified atom stereocenters. The monoisotopic (exact) mass is 328 g/mol. The van der Waals surface area contributed by atoms with Gasteiger partial charge in [0, 0.05) is 10.2 Å². The van der Waals surface area contributed by atoms with Crippen molar-refractivity contribution in [2.45, 2.75) is 12.8 Å². The van der Waals surface area contributed by atoms with Crippen LogP contribution in [0.4, 0.5) is 0 Å². The molecule has 2 nitrogen and oxygen atoms in total. The zero-order chi connectivity index (χ0) is 10.7. The number of halogens is 2. The van der Waals surface area contributed by atoms with Gasteiger partial charge in [-0.3, -0.25) is 0 Å². The van der Waals surface area contributed by atoms with Crippen LogP contribution in [0.2, 0.25) is 0 Å². The Labute approximate surface area is 105 Å². The molecule has 15 heavy (non-hydrogen) atoms. The van der Waals surface area contributed by atoms with Crippen LogP contribution in [-0.4, -0.2) is 9.97 Å². The van der Waals surface area contributed by atoms with E-state index in [2.05, 4.69) is 60.0 Å². The van der Waals surface area contributed by atoms with Crippen molar-refractivity contribution in [3.8, 4) is 0 Å². The summed E-state index contributed by atoms with van der Waals surface area (Å²) in [6.07, 6.45) is 3.69. The molecule has 0 radical (unpaired) electrons. The van der Waals surface area contributed by atoms with Crippen molar-refractivity contribution < 1.29 is 0 Å². The van der Waals surface area contributed by atoms with Crippen LogP contribution in [0.5, 0.6) is 0 Å². The van der Waals surface area contributed by atoms with Crippen LogP contribution in [0.3, 0.4) is 0 Å². The number of hydrogen-bond donors (Lipinski definition) is 1. The molecule has 1 heterocycles. The highest BCUT2D eigenvalue weighted by atomic mass is 79.9. The molecule has 0 saturated heterocycles. The maximum Gasteiger partial charge on any atom is 0.127 e. The second-order valence-corrected chi connectivity index (χ2v) is 4.97. The van der Waals surface area contributed by atoms with Crippen LogP contribution in [0.1, 0.15) is 11.3 Å². The summed E-state index contributed by atoms with van der Waals surface area (Å²) in [5, 5.41) is 0. The Balaban J connectivity index is 2.02. The number of hydrogen-bond acceptors (Lipinski definition) is 1. The Hall–Kier alpha value is -0.610. The van der Waals surface area contributed by atoms with E-state index in [9.17, 15) is 0 Å². The molecule has 4 heteroatoms. The summed E-state index contributed by atoms with van der Waals surface area (Å²) in [6.45, 7) is 0. The summed E-state index contributed by atoms with van der Waals surface area (Å²) < 4.78 is 2.04. The summed E-state index contributed by atoms with van der Waals surface area (Å²) in [5.74, 6) is 0. The maximum atomic E-state index is 4.10. The second-order valence-electron chi connectivity index (χ2n) is 3.30. The zero-order valence-electron chi connectivity index (χ0n) is 8.00. The van der Waals surface area contributed by atoms with Gasteiger partial charge in [-0.25, -0.2) is 4.98 Å². The van der Waals surface area contributed by atoms with Crippen molar-refractivity contribution in [2.75, 3.05) is 0 Å². The number of imidazole rings is 1. The van der Waals surface area contributed by atoms with E-state index in [0.717, 1.165) is 27.6 Å². The lowest BCUT2D eigenvalue weighted by Crippen LogP contribution is -1.92. The minimum Gasteiger partial charge on any atom is -0.348 e. The van der Waals surface area contributed by atoms with Crippen LogP contribution in [0, 0.1) is 0 Å². The Kier molecular flexibility index (Phi) is 3.59. The van der Waals surface area contributed by atoms with E-state index in [4.69, 9.17) is 0 Å². The van der Waals surface area contributed by atoms with Gasteiger partial charge in [0.2, 0.25) is 0 Å². The number of nitrogens with one attached hydrogen (secondary N) is 1. The summed E-state index contributed by atoms with van der Waals surface area (Å²) in [5.41, 5.74) is 2.47. The molecule has 0 amide bonds. The molecule has 0 aliphatic rings. The zero-order valence-corrected chi connectivity index (χ0v) is 11.2. The predicted molar refractivity (Wildman–Crippen MR) is 67.8 cm³/mol. The van der Waals surface area contributed by atoms with Crippen LogP contribution in [-0.2, 0) is 12.8 Å². The van der Waals surface area contributed by atoms with Gasteiger partial charge in [0.15, 0.2) is 0 Å². The standard InChI is InChI=1S/C11H10Br2N2/c12-9-3-1-2-8(6-9)4-5-10-11(13)15-7-14-10/h1-3,6-7H,4-5H2,(H,14,15). The first-order valence-electron chi connectivity index (χ1n) is 4.68. The molecule has 78 valence electrons. The van der Waals surface area contributed by atoms with Crippen LogP contribution < -0.4 is 0 Å². The highest BCUT2D eigenvalue weighted by molar-refractivity contribution is 9.10. The molecule has 0 atom stereocenters. The van der Waals surface area contributed by atoms with Gasteiger partial charge in [0.25, 0.3) is 0 Å². The van der Waals surface area contributed by atoms with E-state index in [-0.39, 0.29) is 0 Å². The van der Waals surface area contributed by atoms with E-state index < -0.39 is 0 Å². The average molecular weight is 330 g/mol. The minimum atomic E-state index is 0.914. The Bertz CT molecular complexity index is 451. The highest BCUT2D eigenvalue weighted by Crippen LogP contribution is 2.16. The predicted octanol–water partition coefficient (Wildman–Crippen LogP) is 3.72. The number of benzene rings is 1. The first-order chi connectivity index (χ1) is 7.25. The Morgan fingerprint density at radius 3 is 2.73 bits per heavy atom.